The molecule has 1 aromatic heterocycles. The summed E-state index contributed by atoms with van der Waals surface area (Å²) in [6, 6.07) is 3.49. The average molecular weight is 351 g/mol. The lowest BCUT2D eigenvalue weighted by Crippen LogP contribution is -2.20. The van der Waals surface area contributed by atoms with E-state index in [0.717, 1.165) is 23.4 Å². The molecular weight excluding hydrogens is 335 g/mol. The third kappa shape index (κ3) is 2.94. The molecule has 4 rings (SSSR count). The van der Waals surface area contributed by atoms with Crippen LogP contribution in [0, 0.1) is 0 Å². The van der Waals surface area contributed by atoms with Crippen LogP contribution in [0.5, 0.6) is 0 Å². The van der Waals surface area contributed by atoms with Gasteiger partial charge in [0.25, 0.3) is 0 Å². The van der Waals surface area contributed by atoms with Gasteiger partial charge in [-0.25, -0.2) is 5.43 Å². The Kier molecular flexibility index (Phi) is 3.65. The zero-order valence-electron chi connectivity index (χ0n) is 13.1. The summed E-state index contributed by atoms with van der Waals surface area (Å²) in [6.45, 7) is 2.01. The van der Waals surface area contributed by atoms with Crippen LogP contribution >= 0.6 is 0 Å². The van der Waals surface area contributed by atoms with Crippen LogP contribution in [0.1, 0.15) is 22.4 Å². The Morgan fingerprint density at radius 3 is 2.88 bits per heavy atom. The molecule has 0 bridgehead atoms. The SMILES string of the molecule is Nc1cc(CN=c2nc3n(c4c2CNC4)CNN3)cc(C(F)(F)F)c1. The van der Waals surface area contributed by atoms with Crippen molar-refractivity contribution in [3.8, 4) is 0 Å². The lowest BCUT2D eigenvalue weighted by atomic mass is 10.1. The molecule has 0 amide bonds. The van der Waals surface area contributed by atoms with E-state index in [9.17, 15) is 13.2 Å². The average Bonchev–Trinajstić information content (AvgIpc) is 3.19. The number of nitrogens with two attached hydrogens (primary N) is 1. The summed E-state index contributed by atoms with van der Waals surface area (Å²) in [5.41, 5.74) is 13.8. The van der Waals surface area contributed by atoms with Crippen molar-refractivity contribution in [1.29, 1.82) is 0 Å². The number of hydrogen-bond donors (Lipinski definition) is 4. The molecule has 0 fully saturated rings. The van der Waals surface area contributed by atoms with Gasteiger partial charge in [-0.2, -0.15) is 18.2 Å². The summed E-state index contributed by atoms with van der Waals surface area (Å²) in [4.78, 5) is 8.90. The van der Waals surface area contributed by atoms with Crippen molar-refractivity contribution >= 4 is 11.6 Å². The van der Waals surface area contributed by atoms with E-state index in [2.05, 4.69) is 26.1 Å². The zero-order chi connectivity index (χ0) is 17.6. The van der Waals surface area contributed by atoms with Gasteiger partial charge in [0.1, 0.15) is 0 Å². The molecule has 0 aliphatic carbocycles. The second-order valence-electron chi connectivity index (χ2n) is 5.95. The Morgan fingerprint density at radius 1 is 1.24 bits per heavy atom. The van der Waals surface area contributed by atoms with Gasteiger partial charge in [0, 0.05) is 30.0 Å². The number of nitrogens with one attached hydrogen (secondary N) is 3. The lowest BCUT2D eigenvalue weighted by Gasteiger charge is -2.10. The molecule has 10 heteroatoms. The van der Waals surface area contributed by atoms with E-state index >= 15 is 0 Å². The number of alkyl halides is 3. The van der Waals surface area contributed by atoms with Crippen molar-refractivity contribution in [2.24, 2.45) is 4.99 Å². The van der Waals surface area contributed by atoms with E-state index in [1.54, 1.807) is 0 Å². The van der Waals surface area contributed by atoms with Crippen LogP contribution in [-0.4, -0.2) is 9.55 Å². The molecule has 2 aliphatic heterocycles. The van der Waals surface area contributed by atoms with Gasteiger partial charge in [0.2, 0.25) is 5.95 Å². The molecule has 0 saturated heterocycles. The van der Waals surface area contributed by atoms with E-state index in [4.69, 9.17) is 5.73 Å². The van der Waals surface area contributed by atoms with Gasteiger partial charge in [-0.3, -0.25) is 15.0 Å². The van der Waals surface area contributed by atoms with E-state index in [-0.39, 0.29) is 12.2 Å². The van der Waals surface area contributed by atoms with E-state index in [1.165, 1.54) is 6.07 Å². The number of fused-ring (bicyclic) bond motifs is 3. The van der Waals surface area contributed by atoms with Gasteiger partial charge in [-0.15, -0.1) is 0 Å². The standard InChI is InChI=1S/C15H16F3N7/c16-15(17,18)9-1-8(2-10(19)3-9)4-21-13-11-5-20-6-12(11)25-7-22-24-14(25)23-13/h1-3,20,22H,4-7,19H2,(H,21,23,24). The van der Waals surface area contributed by atoms with Crippen molar-refractivity contribution in [3.63, 3.8) is 0 Å². The third-order valence-corrected chi connectivity index (χ3v) is 4.20. The molecule has 25 heavy (non-hydrogen) atoms. The largest absolute Gasteiger partial charge is 0.416 e. The minimum Gasteiger partial charge on any atom is -0.399 e. The summed E-state index contributed by atoms with van der Waals surface area (Å²) in [5.74, 6) is 0.643. The molecule has 0 unspecified atom stereocenters. The second kappa shape index (κ2) is 5.74. The minimum absolute atomic E-state index is 0.0651. The number of hydrogen-bond acceptors (Lipinski definition) is 6. The third-order valence-electron chi connectivity index (χ3n) is 4.20. The van der Waals surface area contributed by atoms with Crippen LogP contribution in [0.25, 0.3) is 0 Å². The Bertz CT molecular complexity index is 901. The molecule has 132 valence electrons. The highest BCUT2D eigenvalue weighted by molar-refractivity contribution is 5.45. The van der Waals surface area contributed by atoms with Crippen LogP contribution in [0.4, 0.5) is 24.8 Å². The normalized spacial score (nSPS) is 16.7. The van der Waals surface area contributed by atoms with Crippen LogP contribution in [0.2, 0.25) is 0 Å². The summed E-state index contributed by atoms with van der Waals surface area (Å²) in [7, 11) is 0. The zero-order valence-corrected chi connectivity index (χ0v) is 13.1. The monoisotopic (exact) mass is 351 g/mol. The van der Waals surface area contributed by atoms with Crippen molar-refractivity contribution in [2.75, 3.05) is 11.2 Å². The summed E-state index contributed by atoms with van der Waals surface area (Å²) >= 11 is 0. The molecular formula is C15H16F3N7. The molecule has 0 radical (unpaired) electrons. The molecule has 3 heterocycles. The van der Waals surface area contributed by atoms with Gasteiger partial charge in [0.15, 0.2) is 5.49 Å². The first kappa shape index (κ1) is 15.9. The van der Waals surface area contributed by atoms with Crippen LogP contribution in [0.3, 0.4) is 0 Å². The number of aromatic nitrogens is 2. The first-order chi connectivity index (χ1) is 11.9. The molecule has 0 atom stereocenters. The number of rotatable bonds is 2. The quantitative estimate of drug-likeness (QED) is 0.608. The number of halogens is 3. The van der Waals surface area contributed by atoms with Crippen LogP contribution in [0.15, 0.2) is 23.2 Å². The molecule has 0 saturated carbocycles. The van der Waals surface area contributed by atoms with E-state index in [0.29, 0.717) is 36.8 Å². The van der Waals surface area contributed by atoms with E-state index in [1.807, 2.05) is 4.57 Å². The lowest BCUT2D eigenvalue weighted by molar-refractivity contribution is -0.137. The Labute approximate surface area is 140 Å². The van der Waals surface area contributed by atoms with Crippen LogP contribution in [-0.2, 0) is 32.5 Å². The molecule has 2 aliphatic rings. The highest BCUT2D eigenvalue weighted by Crippen LogP contribution is 2.31. The number of hydrazine groups is 1. The van der Waals surface area contributed by atoms with Crippen molar-refractivity contribution < 1.29 is 13.2 Å². The van der Waals surface area contributed by atoms with Gasteiger partial charge in [-0.1, -0.05) is 0 Å². The predicted molar refractivity (Wildman–Crippen MR) is 84.7 cm³/mol. The minimum atomic E-state index is -4.44. The Morgan fingerprint density at radius 2 is 2.08 bits per heavy atom. The molecule has 5 N–H and O–H groups in total. The maximum Gasteiger partial charge on any atom is 0.416 e. The molecule has 2 aromatic rings. The number of nitrogens with zero attached hydrogens (tertiary/aromatic N) is 3. The first-order valence-electron chi connectivity index (χ1n) is 7.71. The maximum absolute atomic E-state index is 12.9. The Hall–Kier alpha value is -2.59. The number of anilines is 2. The van der Waals surface area contributed by atoms with Crippen molar-refractivity contribution in [3.05, 3.63) is 46.1 Å². The maximum atomic E-state index is 12.9. The molecule has 7 nitrogen and oxygen atoms in total. The van der Waals surface area contributed by atoms with Gasteiger partial charge >= 0.3 is 6.18 Å². The fraction of sp³-hybridized carbons (Fsp3) is 0.333. The van der Waals surface area contributed by atoms with Crippen molar-refractivity contribution in [1.82, 2.24) is 20.3 Å². The van der Waals surface area contributed by atoms with Gasteiger partial charge in [0.05, 0.1) is 18.8 Å². The fourth-order valence-electron chi connectivity index (χ4n) is 3.07. The summed E-state index contributed by atoms with van der Waals surface area (Å²) < 4.78 is 40.8. The molecule has 1 aromatic carbocycles. The second-order valence-corrected chi connectivity index (χ2v) is 5.95. The summed E-state index contributed by atoms with van der Waals surface area (Å²) in [5, 5.41) is 3.25. The number of nitrogen functional groups attached to an aromatic ring is 1. The highest BCUT2D eigenvalue weighted by Gasteiger charge is 2.31. The number of benzene rings is 1. The van der Waals surface area contributed by atoms with Gasteiger partial charge < -0.3 is 11.1 Å². The summed E-state index contributed by atoms with van der Waals surface area (Å²) in [6.07, 6.45) is -4.44. The highest BCUT2D eigenvalue weighted by atomic mass is 19.4. The fourth-order valence-corrected chi connectivity index (χ4v) is 3.07. The van der Waals surface area contributed by atoms with E-state index < -0.39 is 11.7 Å². The van der Waals surface area contributed by atoms with Crippen LogP contribution < -0.4 is 27.4 Å². The topological polar surface area (TPSA) is 92.3 Å². The smallest absolute Gasteiger partial charge is 0.399 e. The predicted octanol–water partition coefficient (Wildman–Crippen LogP) is 1.08. The Balaban J connectivity index is 1.72. The first-order valence-corrected chi connectivity index (χ1v) is 7.71. The molecule has 0 spiro atoms. The van der Waals surface area contributed by atoms with Crippen molar-refractivity contribution in [2.45, 2.75) is 32.5 Å². The van der Waals surface area contributed by atoms with Gasteiger partial charge in [-0.05, 0) is 23.8 Å².